The van der Waals surface area contributed by atoms with E-state index >= 15 is 0 Å². The molecular formula is C11H20. The molecule has 0 aromatic heterocycles. The van der Waals surface area contributed by atoms with Gasteiger partial charge in [-0.3, -0.25) is 0 Å². The summed E-state index contributed by atoms with van der Waals surface area (Å²) >= 11 is 0. The van der Waals surface area contributed by atoms with Gasteiger partial charge >= 0.3 is 0 Å². The lowest BCUT2D eigenvalue weighted by atomic mass is 9.85. The van der Waals surface area contributed by atoms with Gasteiger partial charge < -0.3 is 0 Å². The lowest BCUT2D eigenvalue weighted by Gasteiger charge is -2.18. The van der Waals surface area contributed by atoms with Gasteiger partial charge in [0.05, 0.1) is 0 Å². The molecule has 0 atom stereocenters. The highest BCUT2D eigenvalue weighted by atomic mass is 14.2. The van der Waals surface area contributed by atoms with Crippen LogP contribution >= 0.6 is 0 Å². The molecule has 0 aromatic rings. The normalized spacial score (nSPS) is 11.1. The van der Waals surface area contributed by atoms with Crippen LogP contribution in [0, 0.1) is 23.2 Å². The van der Waals surface area contributed by atoms with Gasteiger partial charge in [0.25, 0.3) is 0 Å². The van der Waals surface area contributed by atoms with E-state index in [9.17, 15) is 0 Å². The molecule has 0 spiro atoms. The largest absolute Gasteiger partial charge is 0.0999 e. The van der Waals surface area contributed by atoms with Crippen molar-refractivity contribution >= 4 is 0 Å². The van der Waals surface area contributed by atoms with Crippen LogP contribution < -0.4 is 0 Å². The van der Waals surface area contributed by atoms with E-state index in [1.807, 2.05) is 0 Å². The molecule has 0 saturated carbocycles. The fraction of sp³-hybridized carbons (Fsp3) is 0.818. The van der Waals surface area contributed by atoms with Crippen molar-refractivity contribution in [1.29, 1.82) is 0 Å². The van der Waals surface area contributed by atoms with E-state index in [2.05, 4.69) is 46.5 Å². The van der Waals surface area contributed by atoms with E-state index in [1.54, 1.807) is 0 Å². The zero-order valence-corrected chi connectivity index (χ0v) is 8.49. The van der Waals surface area contributed by atoms with Crippen molar-refractivity contribution in [2.45, 2.75) is 47.5 Å². The van der Waals surface area contributed by atoms with Crippen LogP contribution in [-0.4, -0.2) is 0 Å². The summed E-state index contributed by atoms with van der Waals surface area (Å²) in [6.07, 6.45) is 2.31. The molecular weight excluding hydrogens is 132 g/mol. The van der Waals surface area contributed by atoms with Crippen molar-refractivity contribution in [3.63, 3.8) is 0 Å². The Hall–Kier alpha value is -0.440. The second-order valence-corrected chi connectivity index (χ2v) is 3.69. The molecule has 0 radical (unpaired) electrons. The van der Waals surface area contributed by atoms with Gasteiger partial charge in [0.15, 0.2) is 0 Å². The molecule has 0 nitrogen and oxygen atoms in total. The fourth-order valence-electron chi connectivity index (χ4n) is 0.745. The van der Waals surface area contributed by atoms with Crippen LogP contribution in [0.15, 0.2) is 0 Å². The molecule has 0 fully saturated rings. The van der Waals surface area contributed by atoms with E-state index < -0.39 is 0 Å². The molecule has 64 valence electrons. The van der Waals surface area contributed by atoms with Gasteiger partial charge in [-0.25, -0.2) is 0 Å². The predicted molar refractivity (Wildman–Crippen MR) is 51.3 cm³/mol. The standard InChI is InChI=1S/C11H20/c1-6-11(5,7-2)9-8-10(3)4/h10H,6-7H2,1-5H3. The Kier molecular flexibility index (Phi) is 4.26. The van der Waals surface area contributed by atoms with Crippen molar-refractivity contribution in [3.05, 3.63) is 0 Å². The fourth-order valence-corrected chi connectivity index (χ4v) is 0.745. The zero-order chi connectivity index (χ0) is 8.91. The molecule has 0 bridgehead atoms. The molecule has 0 N–H and O–H groups in total. The first kappa shape index (κ1) is 10.6. The molecule has 0 amide bonds. The van der Waals surface area contributed by atoms with E-state index in [1.165, 1.54) is 0 Å². The van der Waals surface area contributed by atoms with Gasteiger partial charge in [0, 0.05) is 11.3 Å². The first-order chi connectivity index (χ1) is 5.04. The van der Waals surface area contributed by atoms with Gasteiger partial charge in [-0.15, -0.1) is 0 Å². The molecule has 0 saturated heterocycles. The summed E-state index contributed by atoms with van der Waals surface area (Å²) in [5.41, 5.74) is 0.254. The minimum atomic E-state index is 0.254. The molecule has 0 aliphatic carbocycles. The lowest BCUT2D eigenvalue weighted by molar-refractivity contribution is 0.415. The molecule has 0 aliphatic rings. The highest BCUT2D eigenvalue weighted by Crippen LogP contribution is 2.23. The van der Waals surface area contributed by atoms with Crippen molar-refractivity contribution in [3.8, 4) is 11.8 Å². The summed E-state index contributed by atoms with van der Waals surface area (Å²) in [6, 6.07) is 0. The summed E-state index contributed by atoms with van der Waals surface area (Å²) in [7, 11) is 0. The van der Waals surface area contributed by atoms with Crippen molar-refractivity contribution in [2.24, 2.45) is 11.3 Å². The quantitative estimate of drug-likeness (QED) is 0.531. The minimum absolute atomic E-state index is 0.254. The Bertz CT molecular complexity index is 151. The van der Waals surface area contributed by atoms with E-state index in [4.69, 9.17) is 0 Å². The minimum Gasteiger partial charge on any atom is -0.0999 e. The van der Waals surface area contributed by atoms with Gasteiger partial charge in [-0.1, -0.05) is 39.5 Å². The Morgan fingerprint density at radius 3 is 1.91 bits per heavy atom. The monoisotopic (exact) mass is 152 g/mol. The Balaban J connectivity index is 4.21. The second-order valence-electron chi connectivity index (χ2n) is 3.69. The van der Waals surface area contributed by atoms with Crippen LogP contribution in [0.1, 0.15) is 47.5 Å². The molecule has 0 aromatic carbocycles. The number of rotatable bonds is 2. The number of hydrogen-bond acceptors (Lipinski definition) is 0. The van der Waals surface area contributed by atoms with Crippen molar-refractivity contribution < 1.29 is 0 Å². The molecule has 0 heteroatoms. The first-order valence-electron chi connectivity index (χ1n) is 4.56. The Morgan fingerprint density at radius 2 is 1.64 bits per heavy atom. The Morgan fingerprint density at radius 1 is 1.18 bits per heavy atom. The molecule has 0 aliphatic heterocycles. The Labute approximate surface area is 71.4 Å². The van der Waals surface area contributed by atoms with Crippen LogP contribution in [0.3, 0.4) is 0 Å². The third-order valence-corrected chi connectivity index (χ3v) is 2.22. The van der Waals surface area contributed by atoms with Crippen molar-refractivity contribution in [2.75, 3.05) is 0 Å². The summed E-state index contributed by atoms with van der Waals surface area (Å²) in [5.74, 6) is 7.09. The maximum absolute atomic E-state index is 3.34. The van der Waals surface area contributed by atoms with Crippen molar-refractivity contribution in [1.82, 2.24) is 0 Å². The summed E-state index contributed by atoms with van der Waals surface area (Å²) in [4.78, 5) is 0. The third kappa shape index (κ3) is 4.09. The highest BCUT2D eigenvalue weighted by molar-refractivity contribution is 5.10. The van der Waals surface area contributed by atoms with Gasteiger partial charge in [0.2, 0.25) is 0 Å². The van der Waals surface area contributed by atoms with Crippen LogP contribution in [0.5, 0.6) is 0 Å². The first-order valence-corrected chi connectivity index (χ1v) is 4.56. The summed E-state index contributed by atoms with van der Waals surface area (Å²) in [5, 5.41) is 0. The van der Waals surface area contributed by atoms with Crippen LogP contribution in [0.25, 0.3) is 0 Å². The van der Waals surface area contributed by atoms with Gasteiger partial charge in [0.1, 0.15) is 0 Å². The van der Waals surface area contributed by atoms with Gasteiger partial charge in [-0.2, -0.15) is 0 Å². The zero-order valence-electron chi connectivity index (χ0n) is 8.49. The third-order valence-electron chi connectivity index (χ3n) is 2.22. The summed E-state index contributed by atoms with van der Waals surface area (Å²) in [6.45, 7) is 10.9. The summed E-state index contributed by atoms with van der Waals surface area (Å²) < 4.78 is 0. The topological polar surface area (TPSA) is 0 Å². The maximum Gasteiger partial charge on any atom is 0.0281 e. The van der Waals surface area contributed by atoms with Gasteiger partial charge in [-0.05, 0) is 19.8 Å². The number of hydrogen-bond donors (Lipinski definition) is 0. The predicted octanol–water partition coefficient (Wildman–Crippen LogP) is 3.47. The van der Waals surface area contributed by atoms with Crippen LogP contribution in [-0.2, 0) is 0 Å². The smallest absolute Gasteiger partial charge is 0.0281 e. The molecule has 11 heavy (non-hydrogen) atoms. The average molecular weight is 152 g/mol. The van der Waals surface area contributed by atoms with Crippen LogP contribution in [0.2, 0.25) is 0 Å². The maximum atomic E-state index is 3.34. The van der Waals surface area contributed by atoms with Crippen LogP contribution in [0.4, 0.5) is 0 Å². The molecule has 0 heterocycles. The second kappa shape index (κ2) is 4.44. The molecule has 0 unspecified atom stereocenters. The SMILES string of the molecule is CCC(C)(C#CC(C)C)CC. The lowest BCUT2D eigenvalue weighted by Crippen LogP contribution is -2.10. The highest BCUT2D eigenvalue weighted by Gasteiger charge is 2.15. The average Bonchev–Trinajstić information content (AvgIpc) is 2.00. The molecule has 0 rings (SSSR count). The van der Waals surface area contributed by atoms with E-state index in [0.29, 0.717) is 5.92 Å². The van der Waals surface area contributed by atoms with E-state index in [0.717, 1.165) is 12.8 Å². The van der Waals surface area contributed by atoms with E-state index in [-0.39, 0.29) is 5.41 Å².